The van der Waals surface area contributed by atoms with Crippen LogP contribution >= 0.6 is 27.3 Å². The van der Waals surface area contributed by atoms with Crippen molar-refractivity contribution in [3.63, 3.8) is 0 Å². The highest BCUT2D eigenvalue weighted by Gasteiger charge is 2.18. The number of ether oxygens (including phenoxy) is 1. The highest BCUT2D eigenvalue weighted by Crippen LogP contribution is 2.29. The van der Waals surface area contributed by atoms with Gasteiger partial charge in [-0.2, -0.15) is 0 Å². The van der Waals surface area contributed by atoms with Crippen molar-refractivity contribution in [2.24, 2.45) is 0 Å². The zero-order valence-corrected chi connectivity index (χ0v) is 16.2. The number of carbonyl (C=O) groups excluding carboxylic acids is 1. The lowest BCUT2D eigenvalue weighted by Crippen LogP contribution is -2.32. The van der Waals surface area contributed by atoms with Crippen LogP contribution < -0.4 is 10.1 Å². The van der Waals surface area contributed by atoms with E-state index in [0.29, 0.717) is 18.8 Å². The van der Waals surface area contributed by atoms with Crippen LogP contribution in [0.15, 0.2) is 34.1 Å². The summed E-state index contributed by atoms with van der Waals surface area (Å²) < 4.78 is 6.03. The summed E-state index contributed by atoms with van der Waals surface area (Å²) in [6.07, 6.45) is 0. The Morgan fingerprint density at radius 1 is 1.40 bits per heavy atom. The summed E-state index contributed by atoms with van der Waals surface area (Å²) >= 11 is 5.03. The van der Waals surface area contributed by atoms with Crippen molar-refractivity contribution >= 4 is 44.5 Å². The maximum absolute atomic E-state index is 12.3. The van der Waals surface area contributed by atoms with Gasteiger partial charge in [0, 0.05) is 11.4 Å². The van der Waals surface area contributed by atoms with E-state index in [0.717, 1.165) is 8.66 Å². The third-order valence-corrected chi connectivity index (χ3v) is 5.11. The van der Waals surface area contributed by atoms with E-state index in [1.807, 2.05) is 24.0 Å². The maximum atomic E-state index is 12.3. The molecule has 2 rings (SSSR count). The number of nitro groups is 1. The molecule has 0 spiro atoms. The summed E-state index contributed by atoms with van der Waals surface area (Å²) in [5, 5.41) is 13.8. The standard InChI is InChI=1S/C16H18BrN3O4S/c1-3-19(9-12-5-7-15(17)25-12)10-16(21)18-13-6-4-11(24-2)8-14(13)20(22)23/h4-8H,3,9-10H2,1-2H3,(H,18,21). The van der Waals surface area contributed by atoms with Crippen LogP contribution in [0.3, 0.4) is 0 Å². The van der Waals surface area contributed by atoms with Crippen LogP contribution in [0.25, 0.3) is 0 Å². The second kappa shape index (κ2) is 8.93. The first kappa shape index (κ1) is 19.4. The van der Waals surface area contributed by atoms with Crippen LogP contribution in [0.2, 0.25) is 0 Å². The van der Waals surface area contributed by atoms with Crippen molar-refractivity contribution in [2.75, 3.05) is 25.5 Å². The number of hydrogen-bond acceptors (Lipinski definition) is 6. The quantitative estimate of drug-likeness (QED) is 0.510. The normalized spacial score (nSPS) is 10.7. The van der Waals surface area contributed by atoms with Gasteiger partial charge in [-0.1, -0.05) is 6.92 Å². The molecule has 1 aromatic carbocycles. The van der Waals surface area contributed by atoms with E-state index < -0.39 is 4.92 Å². The Morgan fingerprint density at radius 2 is 2.16 bits per heavy atom. The topological polar surface area (TPSA) is 84.7 Å². The fraction of sp³-hybridized carbons (Fsp3) is 0.312. The van der Waals surface area contributed by atoms with Gasteiger partial charge in [0.2, 0.25) is 5.91 Å². The van der Waals surface area contributed by atoms with Crippen molar-refractivity contribution in [3.8, 4) is 5.75 Å². The molecule has 1 N–H and O–H groups in total. The van der Waals surface area contributed by atoms with Crippen molar-refractivity contribution in [3.05, 3.63) is 49.1 Å². The number of benzene rings is 1. The first-order valence-electron chi connectivity index (χ1n) is 7.51. The number of methoxy groups -OCH3 is 1. The molecule has 0 aliphatic heterocycles. The molecule has 0 aliphatic rings. The van der Waals surface area contributed by atoms with Crippen LogP contribution in [0.1, 0.15) is 11.8 Å². The predicted octanol–water partition coefficient (Wildman–Crippen LogP) is 3.89. The number of nitro benzene ring substituents is 1. The summed E-state index contributed by atoms with van der Waals surface area (Å²) in [7, 11) is 1.43. The molecule has 0 atom stereocenters. The van der Waals surface area contributed by atoms with Crippen LogP contribution in [-0.4, -0.2) is 35.9 Å². The van der Waals surface area contributed by atoms with Gasteiger partial charge in [0.05, 0.1) is 28.4 Å². The van der Waals surface area contributed by atoms with Gasteiger partial charge in [-0.05, 0) is 46.7 Å². The molecule has 9 heteroatoms. The first-order valence-corrected chi connectivity index (χ1v) is 9.12. The van der Waals surface area contributed by atoms with E-state index in [4.69, 9.17) is 4.74 Å². The molecule has 0 saturated heterocycles. The molecule has 0 unspecified atom stereocenters. The van der Waals surface area contributed by atoms with Crippen LogP contribution in [0, 0.1) is 10.1 Å². The number of rotatable bonds is 8. The summed E-state index contributed by atoms with van der Waals surface area (Å²) in [4.78, 5) is 26.0. The number of halogens is 1. The maximum Gasteiger partial charge on any atom is 0.296 e. The number of nitrogens with one attached hydrogen (secondary N) is 1. The van der Waals surface area contributed by atoms with Crippen LogP contribution in [-0.2, 0) is 11.3 Å². The average Bonchev–Trinajstić information content (AvgIpc) is 2.99. The Kier molecular flexibility index (Phi) is 6.91. The third kappa shape index (κ3) is 5.52. The third-order valence-electron chi connectivity index (χ3n) is 3.50. The second-order valence-electron chi connectivity index (χ2n) is 5.20. The Morgan fingerprint density at radius 3 is 2.72 bits per heavy atom. The SMILES string of the molecule is CCN(CC(=O)Nc1ccc(OC)cc1[N+](=O)[O-])Cc1ccc(Br)s1. The smallest absolute Gasteiger partial charge is 0.296 e. The van der Waals surface area contributed by atoms with Gasteiger partial charge in [0.1, 0.15) is 11.4 Å². The minimum atomic E-state index is -0.543. The molecule has 7 nitrogen and oxygen atoms in total. The molecular weight excluding hydrogens is 410 g/mol. The van der Waals surface area contributed by atoms with Gasteiger partial charge in [-0.15, -0.1) is 11.3 Å². The van der Waals surface area contributed by atoms with Crippen molar-refractivity contribution in [1.82, 2.24) is 4.90 Å². The molecule has 0 radical (unpaired) electrons. The highest BCUT2D eigenvalue weighted by atomic mass is 79.9. The van der Waals surface area contributed by atoms with Gasteiger partial charge in [-0.25, -0.2) is 0 Å². The van der Waals surface area contributed by atoms with Crippen LogP contribution in [0.5, 0.6) is 5.75 Å². The second-order valence-corrected chi connectivity index (χ2v) is 7.75. The number of carbonyl (C=O) groups is 1. The fourth-order valence-electron chi connectivity index (χ4n) is 2.22. The first-order chi connectivity index (χ1) is 11.9. The lowest BCUT2D eigenvalue weighted by atomic mass is 10.2. The Balaban J connectivity index is 2.04. The minimum absolute atomic E-state index is 0.148. The average molecular weight is 428 g/mol. The van der Waals surface area contributed by atoms with Gasteiger partial charge >= 0.3 is 0 Å². The number of hydrogen-bond donors (Lipinski definition) is 1. The summed E-state index contributed by atoms with van der Waals surface area (Å²) in [5.41, 5.74) is -0.0383. The molecule has 2 aromatic rings. The molecule has 134 valence electrons. The van der Waals surface area contributed by atoms with Crippen molar-refractivity contribution < 1.29 is 14.5 Å². The summed E-state index contributed by atoms with van der Waals surface area (Å²) in [6.45, 7) is 3.44. The number of nitrogens with zero attached hydrogens (tertiary/aromatic N) is 2. The minimum Gasteiger partial charge on any atom is -0.496 e. The number of likely N-dealkylation sites (N-methyl/N-ethyl adjacent to an activating group) is 1. The lowest BCUT2D eigenvalue weighted by molar-refractivity contribution is -0.384. The van der Waals surface area contributed by atoms with Crippen LogP contribution in [0.4, 0.5) is 11.4 Å². The van der Waals surface area contributed by atoms with Gasteiger partial charge in [0.25, 0.3) is 5.69 Å². The van der Waals surface area contributed by atoms with Gasteiger partial charge < -0.3 is 10.1 Å². The summed E-state index contributed by atoms with van der Waals surface area (Å²) in [5.74, 6) is 0.0638. The number of anilines is 1. The van der Waals surface area contributed by atoms with E-state index in [-0.39, 0.29) is 23.8 Å². The molecule has 1 amide bonds. The van der Waals surface area contributed by atoms with Gasteiger partial charge in [-0.3, -0.25) is 19.8 Å². The molecule has 0 fully saturated rings. The molecule has 0 bridgehead atoms. The van der Waals surface area contributed by atoms with E-state index in [2.05, 4.69) is 21.2 Å². The Bertz CT molecular complexity index is 766. The highest BCUT2D eigenvalue weighted by molar-refractivity contribution is 9.11. The van der Waals surface area contributed by atoms with E-state index in [9.17, 15) is 14.9 Å². The van der Waals surface area contributed by atoms with Crippen molar-refractivity contribution in [1.29, 1.82) is 0 Å². The van der Waals surface area contributed by atoms with Gasteiger partial charge in [0.15, 0.2) is 0 Å². The molecule has 25 heavy (non-hydrogen) atoms. The van der Waals surface area contributed by atoms with E-state index >= 15 is 0 Å². The predicted molar refractivity (Wildman–Crippen MR) is 101 cm³/mol. The number of amides is 1. The molecule has 0 saturated carbocycles. The zero-order chi connectivity index (χ0) is 18.4. The summed E-state index contributed by atoms with van der Waals surface area (Å²) in [6, 6.07) is 8.31. The monoisotopic (exact) mass is 427 g/mol. The number of thiophene rings is 1. The lowest BCUT2D eigenvalue weighted by Gasteiger charge is -2.19. The Labute approximate surface area is 157 Å². The Hall–Kier alpha value is -1.97. The van der Waals surface area contributed by atoms with E-state index in [1.54, 1.807) is 17.4 Å². The molecule has 0 aliphatic carbocycles. The molecule has 1 heterocycles. The molecular formula is C16H18BrN3O4S. The zero-order valence-electron chi connectivity index (χ0n) is 13.8. The largest absolute Gasteiger partial charge is 0.496 e. The van der Waals surface area contributed by atoms with E-state index in [1.165, 1.54) is 19.2 Å². The fourth-order valence-corrected chi connectivity index (χ4v) is 3.75. The van der Waals surface area contributed by atoms with Crippen molar-refractivity contribution in [2.45, 2.75) is 13.5 Å². The molecule has 1 aromatic heterocycles.